The number of nitrogens with zero attached hydrogens (tertiary/aromatic N) is 4. The number of hydrogen-bond acceptors (Lipinski definition) is 5. The van der Waals surface area contributed by atoms with E-state index in [-0.39, 0.29) is 24.2 Å². The molecule has 1 aliphatic heterocycles. The van der Waals surface area contributed by atoms with Gasteiger partial charge in [-0.2, -0.15) is 5.26 Å². The number of rotatable bonds is 8. The number of piperazine rings is 1. The van der Waals surface area contributed by atoms with Crippen LogP contribution in [0.25, 0.3) is 0 Å². The highest BCUT2D eigenvalue weighted by Gasteiger charge is 2.29. The lowest BCUT2D eigenvalue weighted by Crippen LogP contribution is -2.53. The van der Waals surface area contributed by atoms with Crippen LogP contribution in [0.4, 0.5) is 0 Å². The van der Waals surface area contributed by atoms with E-state index in [1.54, 1.807) is 12.1 Å². The lowest BCUT2D eigenvalue weighted by molar-refractivity contribution is -0.136. The molecule has 0 N–H and O–H groups in total. The minimum atomic E-state index is -0.0777. The van der Waals surface area contributed by atoms with Crippen molar-refractivity contribution in [2.75, 3.05) is 19.6 Å². The molecule has 2 aliphatic rings. The number of pyridine rings is 1. The van der Waals surface area contributed by atoms with Crippen molar-refractivity contribution in [2.45, 2.75) is 58.5 Å². The topological polar surface area (TPSA) is 77.3 Å². The first-order valence-electron chi connectivity index (χ1n) is 12.0. The molecule has 1 amide bonds. The lowest BCUT2D eigenvalue weighted by Gasteiger charge is -2.40. The van der Waals surface area contributed by atoms with Crippen LogP contribution in [0, 0.1) is 24.2 Å². The normalized spacial score (nSPS) is 18.5. The van der Waals surface area contributed by atoms with E-state index in [9.17, 15) is 14.9 Å². The molecule has 1 aromatic carbocycles. The molecule has 1 saturated heterocycles. The Kier molecular flexibility index (Phi) is 7.65. The van der Waals surface area contributed by atoms with Crippen molar-refractivity contribution in [3.8, 4) is 6.07 Å². The predicted molar refractivity (Wildman–Crippen MR) is 132 cm³/mol. The Bertz CT molecular complexity index is 1120. The van der Waals surface area contributed by atoms with Gasteiger partial charge >= 0.3 is 0 Å². The van der Waals surface area contributed by atoms with Gasteiger partial charge in [0.15, 0.2) is 5.78 Å². The number of carbonyl (C=O) groups excluding carboxylic acids is 2. The molecule has 6 nitrogen and oxygen atoms in total. The first kappa shape index (κ1) is 24.4. The van der Waals surface area contributed by atoms with Crippen molar-refractivity contribution >= 4 is 23.3 Å². The summed E-state index contributed by atoms with van der Waals surface area (Å²) >= 11 is 5.99. The molecular weight excluding hydrogens is 448 g/mol. The van der Waals surface area contributed by atoms with Crippen LogP contribution < -0.4 is 0 Å². The summed E-state index contributed by atoms with van der Waals surface area (Å²) in [6.45, 7) is 7.15. The molecular formula is C27H31ClN4O2. The largest absolute Gasteiger partial charge is 0.337 e. The Morgan fingerprint density at radius 2 is 1.94 bits per heavy atom. The summed E-state index contributed by atoms with van der Waals surface area (Å²) in [5.74, 6) is 0.969. The number of nitriles is 1. The van der Waals surface area contributed by atoms with Crippen molar-refractivity contribution in [1.82, 2.24) is 14.8 Å². The highest BCUT2D eigenvalue weighted by molar-refractivity contribution is 6.30. The number of hydrogen-bond donors (Lipinski definition) is 0. The number of carbonyl (C=O) groups is 2. The second-order valence-corrected chi connectivity index (χ2v) is 10.1. The van der Waals surface area contributed by atoms with E-state index in [1.165, 1.54) is 25.2 Å². The zero-order chi connectivity index (χ0) is 24.2. The van der Waals surface area contributed by atoms with Gasteiger partial charge in [0.2, 0.25) is 5.91 Å². The monoisotopic (exact) mass is 478 g/mol. The number of benzene rings is 1. The molecule has 0 radical (unpaired) electrons. The molecule has 1 aromatic heterocycles. The molecule has 1 atom stereocenters. The number of aromatic nitrogens is 1. The average Bonchev–Trinajstić information content (AvgIpc) is 3.64. The summed E-state index contributed by atoms with van der Waals surface area (Å²) < 4.78 is 0. The van der Waals surface area contributed by atoms with Gasteiger partial charge in [-0.05, 0) is 61.1 Å². The number of ketones is 1. The van der Waals surface area contributed by atoms with E-state index in [0.29, 0.717) is 29.1 Å². The van der Waals surface area contributed by atoms with E-state index in [2.05, 4.69) is 22.9 Å². The van der Waals surface area contributed by atoms with Crippen molar-refractivity contribution in [2.24, 2.45) is 5.92 Å². The molecule has 2 aromatic rings. The maximum absolute atomic E-state index is 12.8. The summed E-state index contributed by atoms with van der Waals surface area (Å²) in [6, 6.07) is 7.74. The van der Waals surface area contributed by atoms with Gasteiger partial charge in [-0.3, -0.25) is 19.5 Å². The van der Waals surface area contributed by atoms with Gasteiger partial charge in [-0.25, -0.2) is 0 Å². The summed E-state index contributed by atoms with van der Waals surface area (Å²) in [6.07, 6.45) is 7.46. The van der Waals surface area contributed by atoms with Crippen LogP contribution in [0.2, 0.25) is 5.02 Å². The Balaban J connectivity index is 1.43. The molecule has 7 heteroatoms. The van der Waals surface area contributed by atoms with Crippen molar-refractivity contribution < 1.29 is 9.59 Å². The standard InChI is InChI=1S/C27H31ClN4O2/c1-18-16-31(7-8-32(18)27(34)6-5-20-3-4-20)17-24-10-21(13-29)9-22(19(24)2)12-26(33)23-11-25(28)15-30-14-23/h9-11,14-15,18,20H,3-8,12,16-17H2,1-2H3/t18-/m0/s1. The lowest BCUT2D eigenvalue weighted by atomic mass is 9.93. The van der Waals surface area contributed by atoms with Gasteiger partial charge in [-0.1, -0.05) is 24.4 Å². The Hall–Kier alpha value is -2.75. The zero-order valence-corrected chi connectivity index (χ0v) is 20.6. The third kappa shape index (κ3) is 6.02. The molecule has 2 fully saturated rings. The van der Waals surface area contributed by atoms with Crippen LogP contribution in [0.5, 0.6) is 0 Å². The van der Waals surface area contributed by atoms with E-state index in [0.717, 1.165) is 48.7 Å². The molecule has 178 valence electrons. The van der Waals surface area contributed by atoms with Crippen molar-refractivity contribution in [1.29, 1.82) is 5.26 Å². The predicted octanol–water partition coefficient (Wildman–Crippen LogP) is 4.56. The summed E-state index contributed by atoms with van der Waals surface area (Å²) in [5, 5.41) is 10.0. The highest BCUT2D eigenvalue weighted by atomic mass is 35.5. The third-order valence-corrected chi connectivity index (χ3v) is 7.23. The fourth-order valence-electron chi connectivity index (χ4n) is 4.76. The Morgan fingerprint density at radius 1 is 1.18 bits per heavy atom. The molecule has 0 spiro atoms. The SMILES string of the molecule is Cc1c(CC(=O)c2cncc(Cl)c2)cc(C#N)cc1CN1CCN(C(=O)CCC2CC2)[C@@H](C)C1. The fraction of sp³-hybridized carbons (Fsp3) is 0.481. The maximum atomic E-state index is 12.8. The number of amides is 1. The van der Waals surface area contributed by atoms with Gasteiger partial charge < -0.3 is 4.90 Å². The Labute approximate surface area is 206 Å². The minimum absolute atomic E-state index is 0.0777. The first-order valence-corrected chi connectivity index (χ1v) is 12.4. The second kappa shape index (κ2) is 10.7. The van der Waals surface area contributed by atoms with E-state index < -0.39 is 0 Å². The van der Waals surface area contributed by atoms with E-state index in [1.807, 2.05) is 17.9 Å². The molecule has 34 heavy (non-hydrogen) atoms. The highest BCUT2D eigenvalue weighted by Crippen LogP contribution is 2.34. The first-order chi connectivity index (χ1) is 16.3. The van der Waals surface area contributed by atoms with Gasteiger partial charge in [0, 0.05) is 63.0 Å². The van der Waals surface area contributed by atoms with Crippen LogP contribution in [0.3, 0.4) is 0 Å². The third-order valence-electron chi connectivity index (χ3n) is 7.02. The van der Waals surface area contributed by atoms with E-state index >= 15 is 0 Å². The van der Waals surface area contributed by atoms with Crippen LogP contribution in [-0.2, 0) is 17.8 Å². The van der Waals surface area contributed by atoms with Gasteiger partial charge in [0.05, 0.1) is 16.7 Å². The van der Waals surface area contributed by atoms with Gasteiger partial charge in [0.1, 0.15) is 0 Å². The smallest absolute Gasteiger partial charge is 0.222 e. The molecule has 0 bridgehead atoms. The zero-order valence-electron chi connectivity index (χ0n) is 19.9. The van der Waals surface area contributed by atoms with Crippen molar-refractivity contribution in [3.05, 3.63) is 63.4 Å². The van der Waals surface area contributed by atoms with Crippen LogP contribution in [0.1, 0.15) is 65.2 Å². The molecule has 1 saturated carbocycles. The van der Waals surface area contributed by atoms with Crippen LogP contribution in [-0.4, -0.2) is 52.2 Å². The summed E-state index contributed by atoms with van der Waals surface area (Å²) in [5.41, 5.74) is 3.94. The minimum Gasteiger partial charge on any atom is -0.337 e. The average molecular weight is 479 g/mol. The maximum Gasteiger partial charge on any atom is 0.222 e. The molecule has 2 heterocycles. The fourth-order valence-corrected chi connectivity index (χ4v) is 4.93. The molecule has 1 aliphatic carbocycles. The van der Waals surface area contributed by atoms with Crippen LogP contribution >= 0.6 is 11.6 Å². The van der Waals surface area contributed by atoms with Gasteiger partial charge in [0.25, 0.3) is 0 Å². The number of halogens is 1. The molecule has 0 unspecified atom stereocenters. The molecule has 4 rings (SSSR count). The quantitative estimate of drug-likeness (QED) is 0.519. The van der Waals surface area contributed by atoms with Gasteiger partial charge in [-0.15, -0.1) is 0 Å². The number of Topliss-reactive ketones (excluding diaryl/α,β-unsaturated/α-hetero) is 1. The van der Waals surface area contributed by atoms with E-state index in [4.69, 9.17) is 11.6 Å². The summed E-state index contributed by atoms with van der Waals surface area (Å²) in [4.78, 5) is 33.9. The summed E-state index contributed by atoms with van der Waals surface area (Å²) in [7, 11) is 0. The van der Waals surface area contributed by atoms with Crippen LogP contribution in [0.15, 0.2) is 30.6 Å². The second-order valence-electron chi connectivity index (χ2n) is 9.68. The Morgan fingerprint density at radius 3 is 2.62 bits per heavy atom. The van der Waals surface area contributed by atoms with Crippen molar-refractivity contribution in [3.63, 3.8) is 0 Å².